The first kappa shape index (κ1) is 13.9. The Labute approximate surface area is 115 Å². The predicted molar refractivity (Wildman–Crippen MR) is 77.7 cm³/mol. The average molecular weight is 261 g/mol. The molecule has 0 saturated carbocycles. The molecule has 1 aliphatic rings. The zero-order valence-corrected chi connectivity index (χ0v) is 11.8. The lowest BCUT2D eigenvalue weighted by Crippen LogP contribution is -2.32. The molecule has 1 atom stereocenters. The highest BCUT2D eigenvalue weighted by Crippen LogP contribution is 2.26. The van der Waals surface area contributed by atoms with Crippen molar-refractivity contribution in [2.45, 2.75) is 39.0 Å². The minimum atomic E-state index is -0.735. The number of benzene rings is 1. The molecule has 0 radical (unpaired) electrons. The van der Waals surface area contributed by atoms with Crippen LogP contribution < -0.4 is 4.90 Å². The predicted octanol–water partition coefficient (Wildman–Crippen LogP) is 3.50. The summed E-state index contributed by atoms with van der Waals surface area (Å²) >= 11 is 0. The molecule has 0 aliphatic carbocycles. The van der Waals surface area contributed by atoms with E-state index in [1.165, 1.54) is 18.5 Å². The Morgan fingerprint density at radius 3 is 2.42 bits per heavy atom. The Hall–Kier alpha value is -1.51. The fraction of sp³-hybridized carbons (Fsp3) is 0.562. The third-order valence-electron chi connectivity index (χ3n) is 4.09. The lowest BCUT2D eigenvalue weighted by atomic mass is 9.96. The summed E-state index contributed by atoms with van der Waals surface area (Å²) in [5, 5.41) is 8.82. The van der Waals surface area contributed by atoms with Crippen molar-refractivity contribution < 1.29 is 9.90 Å². The summed E-state index contributed by atoms with van der Waals surface area (Å²) in [5.41, 5.74) is 2.37. The molecule has 3 nitrogen and oxygen atoms in total. The van der Waals surface area contributed by atoms with Gasteiger partial charge >= 0.3 is 5.97 Å². The van der Waals surface area contributed by atoms with E-state index in [1.54, 1.807) is 0 Å². The Morgan fingerprint density at radius 1 is 1.32 bits per heavy atom. The van der Waals surface area contributed by atoms with Crippen LogP contribution in [0.4, 0.5) is 5.69 Å². The van der Waals surface area contributed by atoms with Crippen LogP contribution in [0.2, 0.25) is 0 Å². The van der Waals surface area contributed by atoms with Gasteiger partial charge in [-0.3, -0.25) is 4.79 Å². The molecule has 1 saturated heterocycles. The summed E-state index contributed by atoms with van der Waals surface area (Å²) in [5.74, 6) is 0.181. The fourth-order valence-electron chi connectivity index (χ4n) is 2.66. The first-order valence-corrected chi connectivity index (χ1v) is 7.13. The Balaban J connectivity index is 2.00. The molecule has 3 heteroatoms. The van der Waals surface area contributed by atoms with Gasteiger partial charge in [0.05, 0.1) is 6.42 Å². The molecule has 1 N–H and O–H groups in total. The number of carboxylic acid groups (broad SMARTS) is 1. The number of hydrogen-bond donors (Lipinski definition) is 1. The molecule has 0 aromatic heterocycles. The van der Waals surface area contributed by atoms with Gasteiger partial charge in [0.2, 0.25) is 0 Å². The van der Waals surface area contributed by atoms with Crippen LogP contribution in [-0.2, 0) is 4.79 Å². The van der Waals surface area contributed by atoms with Crippen LogP contribution >= 0.6 is 0 Å². The standard InChI is InChI=1S/C16H23NO2/c1-12-7-9-17(10-8-12)15-5-3-14(4-6-15)13(2)11-16(18)19/h3-6,12-13H,7-11H2,1-2H3,(H,18,19). The molecule has 2 rings (SSSR count). The molecule has 1 aromatic rings. The van der Waals surface area contributed by atoms with Gasteiger partial charge in [-0.1, -0.05) is 26.0 Å². The molecular weight excluding hydrogens is 238 g/mol. The van der Waals surface area contributed by atoms with E-state index in [0.717, 1.165) is 24.6 Å². The zero-order chi connectivity index (χ0) is 13.8. The average Bonchev–Trinajstić information content (AvgIpc) is 2.39. The van der Waals surface area contributed by atoms with Crippen molar-refractivity contribution in [1.29, 1.82) is 0 Å². The highest BCUT2D eigenvalue weighted by Gasteiger charge is 2.16. The highest BCUT2D eigenvalue weighted by molar-refractivity contribution is 5.68. The number of carboxylic acids is 1. The summed E-state index contributed by atoms with van der Waals surface area (Å²) in [6.45, 7) is 6.54. The van der Waals surface area contributed by atoms with E-state index < -0.39 is 5.97 Å². The monoisotopic (exact) mass is 261 g/mol. The molecule has 0 spiro atoms. The lowest BCUT2D eigenvalue weighted by Gasteiger charge is -2.32. The third kappa shape index (κ3) is 3.72. The van der Waals surface area contributed by atoms with Crippen LogP contribution in [0.3, 0.4) is 0 Å². The number of carbonyl (C=O) groups is 1. The maximum absolute atomic E-state index is 10.7. The molecule has 1 fully saturated rings. The summed E-state index contributed by atoms with van der Waals surface area (Å²) < 4.78 is 0. The first-order valence-electron chi connectivity index (χ1n) is 7.13. The van der Waals surface area contributed by atoms with Crippen LogP contribution in [0, 0.1) is 5.92 Å². The molecular formula is C16H23NO2. The van der Waals surface area contributed by atoms with Crippen molar-refractivity contribution in [2.75, 3.05) is 18.0 Å². The van der Waals surface area contributed by atoms with Crippen molar-refractivity contribution in [3.05, 3.63) is 29.8 Å². The summed E-state index contributed by atoms with van der Waals surface area (Å²) in [4.78, 5) is 13.1. The van der Waals surface area contributed by atoms with Crippen LogP contribution in [0.5, 0.6) is 0 Å². The van der Waals surface area contributed by atoms with Gasteiger partial charge in [-0.05, 0) is 42.4 Å². The first-order chi connectivity index (χ1) is 9.06. The molecule has 19 heavy (non-hydrogen) atoms. The zero-order valence-electron chi connectivity index (χ0n) is 11.8. The highest BCUT2D eigenvalue weighted by atomic mass is 16.4. The minimum absolute atomic E-state index is 0.0768. The molecule has 0 amide bonds. The molecule has 1 unspecified atom stereocenters. The molecule has 1 aliphatic heterocycles. The maximum Gasteiger partial charge on any atom is 0.303 e. The van der Waals surface area contributed by atoms with Crippen molar-refractivity contribution in [3.63, 3.8) is 0 Å². The topological polar surface area (TPSA) is 40.5 Å². The van der Waals surface area contributed by atoms with E-state index in [1.807, 2.05) is 6.92 Å². The van der Waals surface area contributed by atoms with Crippen molar-refractivity contribution in [2.24, 2.45) is 5.92 Å². The summed E-state index contributed by atoms with van der Waals surface area (Å²) in [7, 11) is 0. The number of rotatable bonds is 4. The van der Waals surface area contributed by atoms with Gasteiger partial charge in [0.1, 0.15) is 0 Å². The van der Waals surface area contributed by atoms with E-state index in [-0.39, 0.29) is 12.3 Å². The third-order valence-corrected chi connectivity index (χ3v) is 4.09. The van der Waals surface area contributed by atoms with E-state index in [2.05, 4.69) is 36.1 Å². The van der Waals surface area contributed by atoms with Gasteiger partial charge in [-0.25, -0.2) is 0 Å². The van der Waals surface area contributed by atoms with Gasteiger partial charge in [0.15, 0.2) is 0 Å². The second-order valence-electron chi connectivity index (χ2n) is 5.76. The van der Waals surface area contributed by atoms with Gasteiger partial charge < -0.3 is 10.0 Å². The number of anilines is 1. The van der Waals surface area contributed by atoms with Crippen molar-refractivity contribution in [1.82, 2.24) is 0 Å². The normalized spacial score (nSPS) is 18.3. The van der Waals surface area contributed by atoms with E-state index >= 15 is 0 Å². The largest absolute Gasteiger partial charge is 0.481 e. The molecule has 1 heterocycles. The number of hydrogen-bond acceptors (Lipinski definition) is 2. The van der Waals surface area contributed by atoms with Crippen molar-refractivity contribution in [3.8, 4) is 0 Å². The van der Waals surface area contributed by atoms with Crippen LogP contribution in [0.1, 0.15) is 44.6 Å². The van der Waals surface area contributed by atoms with E-state index in [9.17, 15) is 4.79 Å². The van der Waals surface area contributed by atoms with Crippen molar-refractivity contribution >= 4 is 11.7 Å². The number of aliphatic carboxylic acids is 1. The minimum Gasteiger partial charge on any atom is -0.481 e. The fourth-order valence-corrected chi connectivity index (χ4v) is 2.66. The lowest BCUT2D eigenvalue weighted by molar-refractivity contribution is -0.137. The summed E-state index contributed by atoms with van der Waals surface area (Å²) in [6, 6.07) is 8.40. The van der Waals surface area contributed by atoms with Gasteiger partial charge in [0.25, 0.3) is 0 Å². The molecule has 1 aromatic carbocycles. The maximum atomic E-state index is 10.7. The van der Waals surface area contributed by atoms with Crippen LogP contribution in [0.25, 0.3) is 0 Å². The van der Waals surface area contributed by atoms with Gasteiger partial charge in [-0.2, -0.15) is 0 Å². The second-order valence-corrected chi connectivity index (χ2v) is 5.76. The van der Waals surface area contributed by atoms with E-state index in [4.69, 9.17) is 5.11 Å². The molecule has 0 bridgehead atoms. The van der Waals surface area contributed by atoms with E-state index in [0.29, 0.717) is 0 Å². The molecule has 104 valence electrons. The smallest absolute Gasteiger partial charge is 0.303 e. The number of nitrogens with zero attached hydrogens (tertiary/aromatic N) is 1. The van der Waals surface area contributed by atoms with Gasteiger partial charge in [-0.15, -0.1) is 0 Å². The quantitative estimate of drug-likeness (QED) is 0.901. The second kappa shape index (κ2) is 6.09. The SMILES string of the molecule is CC1CCN(c2ccc(C(C)CC(=O)O)cc2)CC1. The Kier molecular flexibility index (Phi) is 4.46. The van der Waals surface area contributed by atoms with Crippen LogP contribution in [-0.4, -0.2) is 24.2 Å². The number of piperidine rings is 1. The van der Waals surface area contributed by atoms with Gasteiger partial charge in [0, 0.05) is 18.8 Å². The Morgan fingerprint density at radius 2 is 1.89 bits per heavy atom. The summed E-state index contributed by atoms with van der Waals surface area (Å²) in [6.07, 6.45) is 2.72. The van der Waals surface area contributed by atoms with Crippen LogP contribution in [0.15, 0.2) is 24.3 Å². The Bertz CT molecular complexity index is 419.